The molecule has 0 amide bonds. The van der Waals surface area contributed by atoms with Crippen LogP contribution >= 0.6 is 0 Å². The zero-order chi connectivity index (χ0) is 0. The summed E-state index contributed by atoms with van der Waals surface area (Å²) in [6.07, 6.45) is 0. The van der Waals surface area contributed by atoms with Crippen LogP contribution < -0.4 is 0 Å². The van der Waals surface area contributed by atoms with E-state index < -0.39 is 0 Å². The van der Waals surface area contributed by atoms with Crippen molar-refractivity contribution < 1.29 is 51.3 Å². The molecular weight excluding hydrogens is 301 g/mol. The molecule has 0 aliphatic carbocycles. The van der Waals surface area contributed by atoms with Crippen LogP contribution in [0.15, 0.2) is 0 Å². The minimum absolute atomic E-state index is 0. The summed E-state index contributed by atoms with van der Waals surface area (Å²) in [6, 6.07) is 0. The normalized spacial score (nSPS) is 0. The Bertz CT molecular complexity index is 6.00. The number of hydrogen-bond donors (Lipinski definition) is 0. The summed E-state index contributed by atoms with van der Waals surface area (Å²) >= 11 is 0. The maximum atomic E-state index is 0. The van der Waals surface area contributed by atoms with Gasteiger partial charge in [0.2, 0.25) is 0 Å². The molecule has 0 bridgehead atoms. The second-order valence-electron chi connectivity index (χ2n) is 0. The van der Waals surface area contributed by atoms with Crippen molar-refractivity contribution in [2.45, 2.75) is 0 Å². The van der Waals surface area contributed by atoms with E-state index in [1.165, 1.54) is 0 Å². The van der Waals surface area contributed by atoms with E-state index in [1.54, 1.807) is 0 Å². The molecule has 0 rings (SSSR count). The third-order valence-corrected chi connectivity index (χ3v) is 0. The molecule has 0 saturated carbocycles. The molecule has 2 nitrogen and oxygen atoms in total. The van der Waals surface area contributed by atoms with Crippen LogP contribution in [0.5, 0.6) is 0 Å². The molecule has 0 N–H and O–H groups in total. The van der Waals surface area contributed by atoms with Gasteiger partial charge in [-0.3, -0.25) is 0 Å². The predicted molar refractivity (Wildman–Crippen MR) is 7.13 cm³/mol. The van der Waals surface area contributed by atoms with Gasteiger partial charge in [0.1, 0.15) is 0 Å². The topological polar surface area (TPSA) is 57.0 Å². The molecule has 0 aromatic heterocycles. The standard InChI is InChI=1S/2O.Sm.Sn/q2*-2;;+4. The number of hydrogen-bond acceptors (Lipinski definition) is 0. The summed E-state index contributed by atoms with van der Waals surface area (Å²) in [5, 5.41) is 0. The van der Waals surface area contributed by atoms with Gasteiger partial charge in [0.15, 0.2) is 0 Å². The van der Waals surface area contributed by atoms with Crippen molar-refractivity contribution in [1.82, 2.24) is 0 Å². The second kappa shape index (κ2) is 19.7. The van der Waals surface area contributed by atoms with Crippen molar-refractivity contribution in [3.8, 4) is 0 Å². The van der Waals surface area contributed by atoms with Gasteiger partial charge in [-0.25, -0.2) is 0 Å². The summed E-state index contributed by atoms with van der Waals surface area (Å²) in [5.41, 5.74) is 0. The molecule has 0 saturated heterocycles. The summed E-state index contributed by atoms with van der Waals surface area (Å²) in [7, 11) is 0. The zero-order valence-corrected chi connectivity index (χ0v) is 7.20. The van der Waals surface area contributed by atoms with Crippen molar-refractivity contribution >= 4 is 23.9 Å². The molecule has 4 heavy (non-hydrogen) atoms. The molecule has 0 heterocycles. The third-order valence-electron chi connectivity index (χ3n) is 0. The molecule has 4 heteroatoms. The van der Waals surface area contributed by atoms with Crippen LogP contribution in [0.1, 0.15) is 0 Å². The van der Waals surface area contributed by atoms with Crippen LogP contribution in [0.4, 0.5) is 0 Å². The van der Waals surface area contributed by atoms with Gasteiger partial charge >= 0.3 is 23.9 Å². The van der Waals surface area contributed by atoms with Crippen molar-refractivity contribution in [3.63, 3.8) is 0 Å². The molecular formula is O2SmSn. The fraction of sp³-hybridized carbons (Fsp3) is 0. The van der Waals surface area contributed by atoms with E-state index in [9.17, 15) is 0 Å². The molecule has 0 aliphatic rings. The van der Waals surface area contributed by atoms with E-state index in [4.69, 9.17) is 0 Å². The van der Waals surface area contributed by atoms with Gasteiger partial charge in [-0.2, -0.15) is 0 Å². The fourth-order valence-electron chi connectivity index (χ4n) is 0. The first kappa shape index (κ1) is 36.6. The van der Waals surface area contributed by atoms with Crippen LogP contribution in [0.2, 0.25) is 0 Å². The smallest absolute Gasteiger partial charge is 2.00 e. The van der Waals surface area contributed by atoms with E-state index in [2.05, 4.69) is 0 Å². The number of rotatable bonds is 0. The maximum absolute atomic E-state index is 0. The summed E-state index contributed by atoms with van der Waals surface area (Å²) in [4.78, 5) is 0. The Labute approximate surface area is 74.0 Å². The molecule has 0 radical (unpaired) electrons. The Morgan fingerprint density at radius 2 is 0.750 bits per heavy atom. The van der Waals surface area contributed by atoms with Gasteiger partial charge in [-0.15, -0.1) is 0 Å². The summed E-state index contributed by atoms with van der Waals surface area (Å²) in [6.45, 7) is 0. The van der Waals surface area contributed by atoms with Crippen LogP contribution in [-0.2, 0) is 11.0 Å². The first-order valence-corrected chi connectivity index (χ1v) is 0. The van der Waals surface area contributed by atoms with Gasteiger partial charge < -0.3 is 11.0 Å². The van der Waals surface area contributed by atoms with Gasteiger partial charge in [0, 0.05) is 40.4 Å². The van der Waals surface area contributed by atoms with Crippen LogP contribution in [-0.4, -0.2) is 23.9 Å². The van der Waals surface area contributed by atoms with E-state index >= 15 is 0 Å². The average molecular weight is 301 g/mol. The molecule has 0 fully saturated rings. The predicted octanol–water partition coefficient (Wildman–Crippen LogP) is -0.618. The second-order valence-corrected chi connectivity index (χ2v) is 0. The van der Waals surface area contributed by atoms with Crippen LogP contribution in [0.25, 0.3) is 0 Å². The fourth-order valence-corrected chi connectivity index (χ4v) is 0. The van der Waals surface area contributed by atoms with Gasteiger partial charge in [0.05, 0.1) is 0 Å². The Balaban J connectivity index is 0. The maximum Gasteiger partial charge on any atom is 4.00 e. The van der Waals surface area contributed by atoms with Gasteiger partial charge in [-0.1, -0.05) is 0 Å². The van der Waals surface area contributed by atoms with Crippen LogP contribution in [0.3, 0.4) is 0 Å². The van der Waals surface area contributed by atoms with E-state index in [-0.39, 0.29) is 75.2 Å². The Morgan fingerprint density at radius 3 is 0.750 bits per heavy atom. The van der Waals surface area contributed by atoms with Crippen molar-refractivity contribution in [2.24, 2.45) is 0 Å². The van der Waals surface area contributed by atoms with Gasteiger partial charge in [-0.05, 0) is 0 Å². The van der Waals surface area contributed by atoms with Crippen molar-refractivity contribution in [3.05, 3.63) is 0 Å². The summed E-state index contributed by atoms with van der Waals surface area (Å²) < 4.78 is 0. The Morgan fingerprint density at radius 1 is 0.750 bits per heavy atom. The first-order valence-electron chi connectivity index (χ1n) is 0. The largest absolute Gasteiger partial charge is 4.00 e. The molecule has 0 unspecified atom stereocenters. The minimum atomic E-state index is 0. The van der Waals surface area contributed by atoms with Gasteiger partial charge in [0.25, 0.3) is 0 Å². The quantitative estimate of drug-likeness (QED) is 0.536. The summed E-state index contributed by atoms with van der Waals surface area (Å²) in [5.74, 6) is 0. The molecule has 0 aliphatic heterocycles. The molecule has 0 aromatic rings. The van der Waals surface area contributed by atoms with Crippen molar-refractivity contribution in [2.75, 3.05) is 0 Å². The van der Waals surface area contributed by atoms with E-state index in [0.717, 1.165) is 0 Å². The molecule has 22 valence electrons. The first-order chi connectivity index (χ1) is 0. The average Bonchev–Trinajstić information content (AvgIpc) is 0. The van der Waals surface area contributed by atoms with E-state index in [0.29, 0.717) is 0 Å². The monoisotopic (exact) mass is 304 g/mol. The molecule has 0 atom stereocenters. The molecule has 0 spiro atoms. The van der Waals surface area contributed by atoms with Crippen molar-refractivity contribution in [1.29, 1.82) is 0 Å². The Hall–Kier alpha value is 2.06. The zero-order valence-electron chi connectivity index (χ0n) is 1.72. The SMILES string of the molecule is [O-2].[O-2].[Sm].[Sn+4]. The van der Waals surface area contributed by atoms with E-state index in [1.807, 2.05) is 0 Å². The molecule has 0 aromatic carbocycles. The Kier molecular flexibility index (Phi) is 180. The minimum Gasteiger partial charge on any atom is -2.00 e. The third kappa shape index (κ3) is 8.96. The van der Waals surface area contributed by atoms with Crippen LogP contribution in [0, 0.1) is 40.4 Å².